The SMILES string of the molecule is C=C/C=C\c1cnc2c(c1)C(C)/C=C\C(=C(C)C)C(c1ccc(-c3ccc4c(c3)-c3cccc5cccc-4c35)cc1)=C2. The highest BCUT2D eigenvalue weighted by Crippen LogP contribution is 2.48. The quantitative estimate of drug-likeness (QED) is 0.203. The first kappa shape index (κ1) is 25.9. The van der Waals surface area contributed by atoms with Crippen molar-refractivity contribution in [2.45, 2.75) is 26.7 Å². The van der Waals surface area contributed by atoms with E-state index in [4.69, 9.17) is 4.98 Å². The molecule has 0 amide bonds. The van der Waals surface area contributed by atoms with Crippen molar-refractivity contribution in [2.24, 2.45) is 0 Å². The van der Waals surface area contributed by atoms with Crippen molar-refractivity contribution in [3.63, 3.8) is 0 Å². The molecular weight excluding hydrogens is 506 g/mol. The number of nitrogens with zero attached hydrogens (tertiary/aromatic N) is 1. The third kappa shape index (κ3) is 4.39. The average molecular weight is 540 g/mol. The molecule has 7 rings (SSSR count). The van der Waals surface area contributed by atoms with Crippen molar-refractivity contribution in [2.75, 3.05) is 0 Å². The Morgan fingerprint density at radius 1 is 0.786 bits per heavy atom. The smallest absolute Gasteiger partial charge is 0.0674 e. The molecule has 0 N–H and O–H groups in total. The zero-order valence-electron chi connectivity index (χ0n) is 24.4. The number of hydrogen-bond donors (Lipinski definition) is 0. The lowest BCUT2D eigenvalue weighted by Gasteiger charge is -2.19. The first-order valence-electron chi connectivity index (χ1n) is 14.7. The zero-order chi connectivity index (χ0) is 28.8. The second kappa shape index (κ2) is 10.4. The Balaban J connectivity index is 1.29. The van der Waals surface area contributed by atoms with E-state index in [0.29, 0.717) is 0 Å². The average Bonchev–Trinajstić information content (AvgIpc) is 3.33. The zero-order valence-corrected chi connectivity index (χ0v) is 24.4. The van der Waals surface area contributed by atoms with Gasteiger partial charge in [-0.3, -0.25) is 4.98 Å². The number of rotatable bonds is 4. The molecule has 2 aliphatic carbocycles. The lowest BCUT2D eigenvalue weighted by atomic mass is 9.86. The fourth-order valence-corrected chi connectivity index (χ4v) is 6.40. The largest absolute Gasteiger partial charge is 0.256 e. The lowest BCUT2D eigenvalue weighted by molar-refractivity contribution is 0.943. The molecule has 0 aliphatic heterocycles. The summed E-state index contributed by atoms with van der Waals surface area (Å²) in [6, 6.07) is 31.4. The molecule has 1 aromatic heterocycles. The van der Waals surface area contributed by atoms with Gasteiger partial charge in [0.1, 0.15) is 0 Å². The van der Waals surface area contributed by atoms with Gasteiger partial charge in [0, 0.05) is 12.1 Å². The molecule has 0 bridgehead atoms. The van der Waals surface area contributed by atoms with Crippen LogP contribution in [0.15, 0.2) is 133 Å². The van der Waals surface area contributed by atoms with Crippen molar-refractivity contribution in [3.8, 4) is 33.4 Å². The minimum atomic E-state index is 0.260. The van der Waals surface area contributed by atoms with Crippen LogP contribution in [0.3, 0.4) is 0 Å². The van der Waals surface area contributed by atoms with E-state index in [1.165, 1.54) is 72.0 Å². The number of hydrogen-bond acceptors (Lipinski definition) is 1. The molecule has 42 heavy (non-hydrogen) atoms. The molecule has 0 saturated heterocycles. The number of pyridine rings is 1. The van der Waals surface area contributed by atoms with Gasteiger partial charge in [0.2, 0.25) is 0 Å². The Morgan fingerprint density at radius 2 is 1.50 bits per heavy atom. The van der Waals surface area contributed by atoms with Gasteiger partial charge in [-0.1, -0.05) is 122 Å². The minimum absolute atomic E-state index is 0.260. The van der Waals surface area contributed by atoms with Gasteiger partial charge in [0.05, 0.1) is 5.69 Å². The molecule has 4 aromatic carbocycles. The van der Waals surface area contributed by atoms with Gasteiger partial charge in [-0.05, 0) is 104 Å². The van der Waals surface area contributed by atoms with E-state index in [9.17, 15) is 0 Å². The normalized spacial score (nSPS) is 16.0. The van der Waals surface area contributed by atoms with Crippen LogP contribution in [0, 0.1) is 0 Å². The fraction of sp³-hybridized carbons (Fsp3) is 0.0976. The van der Waals surface area contributed by atoms with Crippen LogP contribution >= 0.6 is 0 Å². The van der Waals surface area contributed by atoms with E-state index >= 15 is 0 Å². The Labute approximate surface area is 248 Å². The van der Waals surface area contributed by atoms with Crippen LogP contribution in [0.4, 0.5) is 0 Å². The Bertz CT molecular complexity index is 2000. The molecule has 2 aliphatic rings. The molecule has 0 radical (unpaired) electrons. The summed E-state index contributed by atoms with van der Waals surface area (Å²) in [6.45, 7) is 10.4. The minimum Gasteiger partial charge on any atom is -0.256 e. The van der Waals surface area contributed by atoms with E-state index in [-0.39, 0.29) is 5.92 Å². The maximum absolute atomic E-state index is 4.91. The molecule has 0 fully saturated rings. The van der Waals surface area contributed by atoms with Crippen LogP contribution < -0.4 is 0 Å². The lowest BCUT2D eigenvalue weighted by Crippen LogP contribution is -2.02. The van der Waals surface area contributed by atoms with Crippen LogP contribution in [0.5, 0.6) is 0 Å². The highest BCUT2D eigenvalue weighted by molar-refractivity contribution is 6.15. The van der Waals surface area contributed by atoms with Crippen LogP contribution in [-0.2, 0) is 0 Å². The summed E-state index contributed by atoms with van der Waals surface area (Å²) in [5, 5.41) is 2.67. The summed E-state index contributed by atoms with van der Waals surface area (Å²) in [5.74, 6) is 0.260. The first-order valence-corrected chi connectivity index (χ1v) is 14.7. The Morgan fingerprint density at radius 3 is 2.24 bits per heavy atom. The first-order chi connectivity index (χ1) is 20.5. The molecule has 1 heterocycles. The van der Waals surface area contributed by atoms with E-state index in [2.05, 4.69) is 137 Å². The second-order valence-corrected chi connectivity index (χ2v) is 11.5. The van der Waals surface area contributed by atoms with E-state index in [1.807, 2.05) is 12.3 Å². The standard InChI is InChI=1S/C41H33N/c1-5-6-9-28-22-37-27(4)14-20-33(26(2)3)38(24-40(37)42-25-28)30-17-15-29(16-18-30)32-19-21-34-35-12-7-10-31-11-8-13-36(41(31)35)39(34)23-32/h5-25,27H,1H2,2-4H3/b9-6-,20-14-,38-24?. The molecular formula is C41H33N. The van der Waals surface area contributed by atoms with Gasteiger partial charge in [-0.15, -0.1) is 0 Å². The van der Waals surface area contributed by atoms with E-state index < -0.39 is 0 Å². The van der Waals surface area contributed by atoms with Crippen molar-refractivity contribution in [1.29, 1.82) is 0 Å². The number of aromatic nitrogens is 1. The van der Waals surface area contributed by atoms with Crippen LogP contribution in [0.25, 0.3) is 61.9 Å². The monoisotopic (exact) mass is 539 g/mol. The van der Waals surface area contributed by atoms with Gasteiger partial charge in [-0.25, -0.2) is 0 Å². The molecule has 0 spiro atoms. The molecule has 1 unspecified atom stereocenters. The fourth-order valence-electron chi connectivity index (χ4n) is 6.40. The third-order valence-electron chi connectivity index (χ3n) is 8.58. The summed E-state index contributed by atoms with van der Waals surface area (Å²) in [6.07, 6.45) is 14.6. The summed E-state index contributed by atoms with van der Waals surface area (Å²) >= 11 is 0. The molecule has 1 heteroatoms. The maximum Gasteiger partial charge on any atom is 0.0674 e. The summed E-state index contributed by atoms with van der Waals surface area (Å²) in [5.41, 5.74) is 16.0. The van der Waals surface area contributed by atoms with Gasteiger partial charge in [0.25, 0.3) is 0 Å². The molecule has 202 valence electrons. The van der Waals surface area contributed by atoms with Crippen LogP contribution in [-0.4, -0.2) is 4.98 Å². The molecule has 5 aromatic rings. The van der Waals surface area contributed by atoms with Crippen molar-refractivity contribution < 1.29 is 0 Å². The van der Waals surface area contributed by atoms with Crippen molar-refractivity contribution in [3.05, 3.63) is 156 Å². The predicted octanol–water partition coefficient (Wildman–Crippen LogP) is 11.3. The number of allylic oxidation sites excluding steroid dienone is 7. The van der Waals surface area contributed by atoms with Crippen molar-refractivity contribution >= 4 is 28.5 Å². The second-order valence-electron chi connectivity index (χ2n) is 11.5. The maximum atomic E-state index is 4.91. The van der Waals surface area contributed by atoms with Gasteiger partial charge in [0.15, 0.2) is 0 Å². The van der Waals surface area contributed by atoms with Gasteiger partial charge < -0.3 is 0 Å². The third-order valence-corrected chi connectivity index (χ3v) is 8.58. The van der Waals surface area contributed by atoms with Crippen LogP contribution in [0.2, 0.25) is 0 Å². The Kier molecular flexibility index (Phi) is 6.44. The predicted molar refractivity (Wildman–Crippen MR) is 181 cm³/mol. The van der Waals surface area contributed by atoms with E-state index in [0.717, 1.165) is 11.3 Å². The molecule has 1 nitrogen and oxygen atoms in total. The molecule has 0 saturated carbocycles. The molecule has 1 atom stereocenters. The van der Waals surface area contributed by atoms with Gasteiger partial charge in [-0.2, -0.15) is 0 Å². The highest BCUT2D eigenvalue weighted by atomic mass is 14.7. The topological polar surface area (TPSA) is 12.9 Å². The number of benzene rings is 4. The van der Waals surface area contributed by atoms with Gasteiger partial charge >= 0.3 is 0 Å². The van der Waals surface area contributed by atoms with E-state index in [1.54, 1.807) is 6.08 Å². The summed E-state index contributed by atoms with van der Waals surface area (Å²) < 4.78 is 0. The highest BCUT2D eigenvalue weighted by Gasteiger charge is 2.21. The van der Waals surface area contributed by atoms with Crippen molar-refractivity contribution in [1.82, 2.24) is 4.98 Å². The summed E-state index contributed by atoms with van der Waals surface area (Å²) in [7, 11) is 0. The van der Waals surface area contributed by atoms with Crippen LogP contribution in [0.1, 0.15) is 49.1 Å². The Hall–Kier alpha value is -5.01. The summed E-state index contributed by atoms with van der Waals surface area (Å²) in [4.78, 5) is 4.91. The number of fused-ring (bicyclic) bond motifs is 4.